The maximum Gasteiger partial charge on any atom is 0.254 e. The third-order valence-corrected chi connectivity index (χ3v) is 5.91. The Labute approximate surface area is 177 Å². The minimum Gasteiger partial charge on any atom is -0.340 e. The van der Waals surface area contributed by atoms with Crippen molar-refractivity contribution in [3.8, 4) is 0 Å². The standard InChI is InChI=1S/C25H27N5/c1-3-18-12-14-20(15-13-18)26-24-21-6-4-5-7-22(21)27-25-28-23(29-30(24)25)16-19-10-8-17(2)9-11-19/h8-15,26H,3-7,16H2,1-2H3. The first-order valence-electron chi connectivity index (χ1n) is 10.9. The Bertz CT molecular complexity index is 1170. The van der Waals surface area contributed by atoms with Gasteiger partial charge in [0.05, 0.1) is 5.69 Å². The molecule has 5 nitrogen and oxygen atoms in total. The van der Waals surface area contributed by atoms with Crippen molar-refractivity contribution in [2.45, 2.75) is 52.4 Å². The molecular formula is C25H27N5. The molecule has 0 bridgehead atoms. The summed E-state index contributed by atoms with van der Waals surface area (Å²) in [7, 11) is 0. The second-order valence-corrected chi connectivity index (χ2v) is 8.17. The van der Waals surface area contributed by atoms with Crippen molar-refractivity contribution in [3.05, 3.63) is 82.3 Å². The third kappa shape index (κ3) is 3.67. The van der Waals surface area contributed by atoms with Crippen molar-refractivity contribution in [2.24, 2.45) is 0 Å². The van der Waals surface area contributed by atoms with E-state index in [1.165, 1.54) is 35.1 Å². The Hall–Kier alpha value is -3.21. The predicted molar refractivity (Wildman–Crippen MR) is 121 cm³/mol. The normalized spacial score (nSPS) is 13.4. The fraction of sp³-hybridized carbons (Fsp3) is 0.320. The fourth-order valence-corrected chi connectivity index (χ4v) is 4.14. The highest BCUT2D eigenvalue weighted by Crippen LogP contribution is 2.30. The van der Waals surface area contributed by atoms with Crippen molar-refractivity contribution < 1.29 is 0 Å². The average Bonchev–Trinajstić information content (AvgIpc) is 3.18. The van der Waals surface area contributed by atoms with Gasteiger partial charge in [-0.05, 0) is 62.3 Å². The maximum atomic E-state index is 4.87. The van der Waals surface area contributed by atoms with Crippen LogP contribution in [-0.2, 0) is 25.7 Å². The van der Waals surface area contributed by atoms with Crippen LogP contribution in [0, 0.1) is 6.92 Å². The zero-order valence-electron chi connectivity index (χ0n) is 17.7. The van der Waals surface area contributed by atoms with Crippen molar-refractivity contribution >= 4 is 17.3 Å². The van der Waals surface area contributed by atoms with Crippen LogP contribution in [0.15, 0.2) is 48.5 Å². The van der Waals surface area contributed by atoms with E-state index >= 15 is 0 Å². The van der Waals surface area contributed by atoms with Gasteiger partial charge in [0.15, 0.2) is 5.82 Å². The topological polar surface area (TPSA) is 55.1 Å². The van der Waals surface area contributed by atoms with Crippen LogP contribution in [-0.4, -0.2) is 19.6 Å². The molecule has 0 saturated heterocycles. The van der Waals surface area contributed by atoms with Gasteiger partial charge in [-0.2, -0.15) is 9.50 Å². The first kappa shape index (κ1) is 18.8. The number of rotatable bonds is 5. The molecule has 0 aliphatic heterocycles. The highest BCUT2D eigenvalue weighted by Gasteiger charge is 2.21. The molecule has 4 aromatic rings. The monoisotopic (exact) mass is 397 g/mol. The number of nitrogens with one attached hydrogen (secondary N) is 1. The number of hydrogen-bond acceptors (Lipinski definition) is 4. The van der Waals surface area contributed by atoms with E-state index in [-0.39, 0.29) is 0 Å². The van der Waals surface area contributed by atoms with Gasteiger partial charge in [0.2, 0.25) is 0 Å². The van der Waals surface area contributed by atoms with Crippen LogP contribution in [0.2, 0.25) is 0 Å². The van der Waals surface area contributed by atoms with Crippen molar-refractivity contribution in [3.63, 3.8) is 0 Å². The SMILES string of the molecule is CCc1ccc(Nc2c3c(nc4nc(Cc5ccc(C)cc5)nn24)CCCC3)cc1. The molecule has 0 spiro atoms. The van der Waals surface area contributed by atoms with Crippen LogP contribution < -0.4 is 5.32 Å². The van der Waals surface area contributed by atoms with E-state index in [1.807, 2.05) is 4.52 Å². The quantitative estimate of drug-likeness (QED) is 0.502. The van der Waals surface area contributed by atoms with Crippen molar-refractivity contribution in [2.75, 3.05) is 5.32 Å². The summed E-state index contributed by atoms with van der Waals surface area (Å²) in [5, 5.41) is 8.48. The number of aromatic nitrogens is 4. The second kappa shape index (κ2) is 7.90. The second-order valence-electron chi connectivity index (χ2n) is 8.17. The first-order chi connectivity index (χ1) is 14.7. The Morgan fingerprint density at radius 1 is 0.900 bits per heavy atom. The molecule has 5 heteroatoms. The highest BCUT2D eigenvalue weighted by atomic mass is 15.4. The minimum absolute atomic E-state index is 0.686. The Kier molecular flexibility index (Phi) is 4.95. The number of fused-ring (bicyclic) bond motifs is 2. The summed E-state index contributed by atoms with van der Waals surface area (Å²) >= 11 is 0. The van der Waals surface area contributed by atoms with Gasteiger partial charge >= 0.3 is 0 Å². The molecule has 0 atom stereocenters. The van der Waals surface area contributed by atoms with E-state index in [9.17, 15) is 0 Å². The number of hydrogen-bond donors (Lipinski definition) is 1. The largest absolute Gasteiger partial charge is 0.340 e. The van der Waals surface area contributed by atoms with Gasteiger partial charge in [-0.3, -0.25) is 0 Å². The molecule has 0 radical (unpaired) electrons. The van der Waals surface area contributed by atoms with Gasteiger partial charge in [-0.15, -0.1) is 5.10 Å². The smallest absolute Gasteiger partial charge is 0.254 e. The molecule has 0 amide bonds. The van der Waals surface area contributed by atoms with Crippen LogP contribution in [0.25, 0.3) is 5.78 Å². The first-order valence-corrected chi connectivity index (χ1v) is 10.9. The molecule has 1 aliphatic rings. The summed E-state index contributed by atoms with van der Waals surface area (Å²) in [6.45, 7) is 4.28. The van der Waals surface area contributed by atoms with Crippen LogP contribution in [0.3, 0.4) is 0 Å². The van der Waals surface area contributed by atoms with Crippen LogP contribution >= 0.6 is 0 Å². The van der Waals surface area contributed by atoms with E-state index in [4.69, 9.17) is 15.1 Å². The van der Waals surface area contributed by atoms with Crippen molar-refractivity contribution in [1.29, 1.82) is 0 Å². The molecule has 1 N–H and O–H groups in total. The Morgan fingerprint density at radius 3 is 2.40 bits per heavy atom. The van der Waals surface area contributed by atoms with E-state index in [0.717, 1.165) is 42.3 Å². The summed E-state index contributed by atoms with van der Waals surface area (Å²) in [5.41, 5.74) is 7.32. The lowest BCUT2D eigenvalue weighted by Crippen LogP contribution is -2.13. The van der Waals surface area contributed by atoms with Gasteiger partial charge in [0, 0.05) is 17.7 Å². The van der Waals surface area contributed by atoms with E-state index in [2.05, 4.69) is 67.7 Å². The minimum atomic E-state index is 0.686. The molecule has 2 aromatic heterocycles. The van der Waals surface area contributed by atoms with Crippen LogP contribution in [0.1, 0.15) is 53.5 Å². The van der Waals surface area contributed by atoms with Gasteiger partial charge < -0.3 is 5.32 Å². The molecular weight excluding hydrogens is 370 g/mol. The number of nitrogens with zero attached hydrogens (tertiary/aromatic N) is 4. The van der Waals surface area contributed by atoms with Gasteiger partial charge in [-0.25, -0.2) is 4.98 Å². The highest BCUT2D eigenvalue weighted by molar-refractivity contribution is 5.63. The van der Waals surface area contributed by atoms with Gasteiger partial charge in [0.1, 0.15) is 5.82 Å². The lowest BCUT2D eigenvalue weighted by atomic mass is 9.96. The molecule has 5 rings (SSSR count). The van der Waals surface area contributed by atoms with Gasteiger partial charge in [-0.1, -0.05) is 48.9 Å². The maximum absolute atomic E-state index is 4.87. The zero-order valence-corrected chi connectivity index (χ0v) is 17.7. The lowest BCUT2D eigenvalue weighted by Gasteiger charge is -2.20. The Morgan fingerprint density at radius 2 is 1.63 bits per heavy atom. The average molecular weight is 398 g/mol. The zero-order chi connectivity index (χ0) is 20.5. The molecule has 152 valence electrons. The van der Waals surface area contributed by atoms with Gasteiger partial charge in [0.25, 0.3) is 5.78 Å². The van der Waals surface area contributed by atoms with Crippen molar-refractivity contribution in [1.82, 2.24) is 19.6 Å². The predicted octanol–water partition coefficient (Wildman–Crippen LogP) is 5.21. The molecule has 0 saturated carbocycles. The summed E-state index contributed by atoms with van der Waals surface area (Å²) in [6.07, 6.45) is 6.16. The van der Waals surface area contributed by atoms with E-state index < -0.39 is 0 Å². The lowest BCUT2D eigenvalue weighted by molar-refractivity contribution is 0.662. The fourth-order valence-electron chi connectivity index (χ4n) is 4.14. The molecule has 2 heterocycles. The summed E-state index contributed by atoms with van der Waals surface area (Å²) in [4.78, 5) is 9.64. The summed E-state index contributed by atoms with van der Waals surface area (Å²) < 4.78 is 1.90. The van der Waals surface area contributed by atoms with E-state index in [1.54, 1.807) is 0 Å². The Balaban J connectivity index is 1.55. The molecule has 0 unspecified atom stereocenters. The third-order valence-electron chi connectivity index (χ3n) is 5.91. The van der Waals surface area contributed by atoms with E-state index in [0.29, 0.717) is 12.2 Å². The number of anilines is 2. The molecule has 1 aliphatic carbocycles. The molecule has 0 fully saturated rings. The summed E-state index contributed by atoms with van der Waals surface area (Å²) in [5.74, 6) is 2.50. The molecule has 30 heavy (non-hydrogen) atoms. The van der Waals surface area contributed by atoms with Crippen LogP contribution in [0.5, 0.6) is 0 Å². The number of benzene rings is 2. The number of aryl methyl sites for hydroxylation is 3. The van der Waals surface area contributed by atoms with Crippen LogP contribution in [0.4, 0.5) is 11.5 Å². The molecule has 2 aromatic carbocycles. The summed E-state index contributed by atoms with van der Waals surface area (Å²) in [6, 6.07) is 17.2.